The second-order valence-corrected chi connectivity index (χ2v) is 2.49. The highest BCUT2D eigenvalue weighted by molar-refractivity contribution is 4.51. The van der Waals surface area contributed by atoms with Crippen molar-refractivity contribution in [1.29, 1.82) is 0 Å². The highest BCUT2D eigenvalue weighted by Crippen LogP contribution is 1.76. The Morgan fingerprint density at radius 3 is 1.25 bits per heavy atom. The summed E-state index contributed by atoms with van der Waals surface area (Å²) in [6.07, 6.45) is 3.50. The Balaban J connectivity index is -0.000000235. The summed E-state index contributed by atoms with van der Waals surface area (Å²) >= 11 is 0. The lowest BCUT2D eigenvalue weighted by Crippen LogP contribution is -2.09. The molecule has 0 aliphatic heterocycles. The summed E-state index contributed by atoms with van der Waals surface area (Å²) in [7, 11) is 0. The molecular formula is C12H26O4. The van der Waals surface area contributed by atoms with Gasteiger partial charge >= 0.3 is 0 Å². The summed E-state index contributed by atoms with van der Waals surface area (Å²) in [5.74, 6) is 0. The largest absolute Gasteiger partial charge is 0.394 e. The fourth-order valence-electron chi connectivity index (χ4n) is 0.451. The van der Waals surface area contributed by atoms with Crippen LogP contribution in [-0.4, -0.2) is 49.9 Å². The third kappa shape index (κ3) is 50.6. The summed E-state index contributed by atoms with van der Waals surface area (Å²) in [4.78, 5) is 0. The molecule has 0 unspecified atom stereocenters. The van der Waals surface area contributed by atoms with Crippen LogP contribution in [0.5, 0.6) is 0 Å². The lowest BCUT2D eigenvalue weighted by Gasteiger charge is -2.01. The Labute approximate surface area is 99.2 Å². The molecule has 0 rings (SSSR count). The molecule has 0 aromatic carbocycles. The van der Waals surface area contributed by atoms with Crippen LogP contribution in [-0.2, 0) is 9.47 Å². The van der Waals surface area contributed by atoms with Crippen LogP contribution in [0.4, 0.5) is 0 Å². The van der Waals surface area contributed by atoms with Crippen LogP contribution < -0.4 is 0 Å². The maximum atomic E-state index is 8.26. The second-order valence-electron chi connectivity index (χ2n) is 2.49. The van der Waals surface area contributed by atoms with Crippen molar-refractivity contribution in [2.75, 3.05) is 39.6 Å². The number of aliphatic hydroxyl groups excluding tert-OH is 2. The molecule has 0 radical (unpaired) electrons. The molecule has 4 heteroatoms. The van der Waals surface area contributed by atoms with Crippen LogP contribution in [0.3, 0.4) is 0 Å². The number of rotatable bonds is 7. The van der Waals surface area contributed by atoms with E-state index >= 15 is 0 Å². The first-order valence-corrected chi connectivity index (χ1v) is 5.26. The molecular weight excluding hydrogens is 208 g/mol. The zero-order chi connectivity index (χ0) is 13.1. The van der Waals surface area contributed by atoms with Crippen LogP contribution >= 0.6 is 0 Å². The van der Waals surface area contributed by atoms with Crippen molar-refractivity contribution in [1.82, 2.24) is 0 Å². The van der Waals surface area contributed by atoms with Crippen LogP contribution in [0.15, 0.2) is 25.3 Å². The van der Waals surface area contributed by atoms with Gasteiger partial charge in [0.15, 0.2) is 0 Å². The van der Waals surface area contributed by atoms with Crippen molar-refractivity contribution >= 4 is 0 Å². The lowest BCUT2D eigenvalue weighted by molar-refractivity contribution is 0.0222. The van der Waals surface area contributed by atoms with Crippen molar-refractivity contribution in [3.63, 3.8) is 0 Å². The van der Waals surface area contributed by atoms with Gasteiger partial charge in [-0.3, -0.25) is 0 Å². The van der Waals surface area contributed by atoms with Gasteiger partial charge in [-0.2, -0.15) is 0 Å². The predicted octanol–water partition coefficient (Wildman–Crippen LogP) is 1.39. The van der Waals surface area contributed by atoms with E-state index in [0.717, 1.165) is 0 Å². The first kappa shape index (κ1) is 20.7. The quantitative estimate of drug-likeness (QED) is 0.516. The van der Waals surface area contributed by atoms with E-state index in [4.69, 9.17) is 19.7 Å². The Kier molecular flexibility index (Phi) is 37.8. The number of ether oxygens (including phenoxy) is 2. The van der Waals surface area contributed by atoms with Gasteiger partial charge in [0.1, 0.15) is 0 Å². The van der Waals surface area contributed by atoms with Crippen molar-refractivity contribution in [2.24, 2.45) is 0 Å². The minimum atomic E-state index is 0.0417. The van der Waals surface area contributed by atoms with E-state index in [0.29, 0.717) is 26.4 Å². The summed E-state index contributed by atoms with van der Waals surface area (Å²) < 4.78 is 9.75. The summed E-state index contributed by atoms with van der Waals surface area (Å²) in [6.45, 7) is 12.2. The molecule has 0 bridgehead atoms. The Hall–Kier alpha value is -0.680. The number of aliphatic hydroxyl groups is 2. The van der Waals surface area contributed by atoms with Gasteiger partial charge in [-0.15, -0.1) is 13.2 Å². The van der Waals surface area contributed by atoms with Crippen LogP contribution in [0, 0.1) is 0 Å². The van der Waals surface area contributed by atoms with E-state index in [1.54, 1.807) is 12.2 Å². The maximum Gasteiger partial charge on any atom is 0.0701 e. The summed E-state index contributed by atoms with van der Waals surface area (Å²) in [6, 6.07) is 0. The van der Waals surface area contributed by atoms with E-state index in [2.05, 4.69) is 13.2 Å². The van der Waals surface area contributed by atoms with Crippen molar-refractivity contribution < 1.29 is 19.7 Å². The number of hydrogen-bond donors (Lipinski definition) is 2. The van der Waals surface area contributed by atoms with E-state index < -0.39 is 0 Å². The van der Waals surface area contributed by atoms with E-state index in [9.17, 15) is 0 Å². The first-order chi connectivity index (χ1) is 7.74. The monoisotopic (exact) mass is 234 g/mol. The molecule has 0 aromatic rings. The molecule has 0 aliphatic carbocycles. The molecule has 0 spiro atoms. The maximum absolute atomic E-state index is 8.26. The minimum absolute atomic E-state index is 0.0417. The van der Waals surface area contributed by atoms with E-state index in [1.165, 1.54) is 0 Å². The summed E-state index contributed by atoms with van der Waals surface area (Å²) in [5, 5.41) is 16.5. The standard InChI is InChI=1S/C6H14O4.2C3H6/c7-1-3-9-5-6-10-4-2-8;2*1-3-2/h7-8H,1-6H2;2*3H,1H2,2H3. The predicted molar refractivity (Wildman–Crippen MR) is 67.6 cm³/mol. The van der Waals surface area contributed by atoms with E-state index in [-0.39, 0.29) is 13.2 Å². The average molecular weight is 234 g/mol. The molecule has 2 N–H and O–H groups in total. The molecule has 0 aliphatic rings. The Morgan fingerprint density at radius 1 is 0.812 bits per heavy atom. The molecule has 0 amide bonds. The molecule has 0 fully saturated rings. The average Bonchev–Trinajstić information content (AvgIpc) is 2.26. The minimum Gasteiger partial charge on any atom is -0.394 e. The van der Waals surface area contributed by atoms with Crippen molar-refractivity contribution in [3.8, 4) is 0 Å². The Bertz CT molecular complexity index is 102. The van der Waals surface area contributed by atoms with Gasteiger partial charge in [0.2, 0.25) is 0 Å². The van der Waals surface area contributed by atoms with Gasteiger partial charge in [-0.25, -0.2) is 0 Å². The topological polar surface area (TPSA) is 58.9 Å². The molecule has 0 saturated carbocycles. The smallest absolute Gasteiger partial charge is 0.0701 e. The third-order valence-electron chi connectivity index (χ3n) is 0.843. The fourth-order valence-corrected chi connectivity index (χ4v) is 0.451. The Morgan fingerprint density at radius 2 is 1.06 bits per heavy atom. The highest BCUT2D eigenvalue weighted by Gasteiger charge is 1.86. The van der Waals surface area contributed by atoms with Gasteiger partial charge in [-0.1, -0.05) is 12.2 Å². The molecule has 0 atom stereocenters. The summed E-state index contributed by atoms with van der Waals surface area (Å²) in [5.41, 5.74) is 0. The number of hydrogen-bond acceptors (Lipinski definition) is 4. The van der Waals surface area contributed by atoms with Gasteiger partial charge in [0.25, 0.3) is 0 Å². The third-order valence-corrected chi connectivity index (χ3v) is 0.843. The SMILES string of the molecule is C=CC.C=CC.OCCOCCOCCO. The molecule has 98 valence electrons. The lowest BCUT2D eigenvalue weighted by atomic mass is 10.7. The second kappa shape index (κ2) is 29.2. The molecule has 16 heavy (non-hydrogen) atoms. The molecule has 0 heterocycles. The highest BCUT2D eigenvalue weighted by atomic mass is 16.5. The van der Waals surface area contributed by atoms with Crippen molar-refractivity contribution in [2.45, 2.75) is 13.8 Å². The van der Waals surface area contributed by atoms with Crippen LogP contribution in [0.2, 0.25) is 0 Å². The van der Waals surface area contributed by atoms with Gasteiger partial charge in [0.05, 0.1) is 39.6 Å². The zero-order valence-corrected chi connectivity index (χ0v) is 10.5. The first-order valence-electron chi connectivity index (χ1n) is 5.26. The zero-order valence-electron chi connectivity index (χ0n) is 10.5. The van der Waals surface area contributed by atoms with Crippen LogP contribution in [0.1, 0.15) is 13.8 Å². The van der Waals surface area contributed by atoms with Gasteiger partial charge < -0.3 is 19.7 Å². The van der Waals surface area contributed by atoms with Gasteiger partial charge in [0, 0.05) is 0 Å². The molecule has 0 aromatic heterocycles. The fraction of sp³-hybridized carbons (Fsp3) is 0.667. The van der Waals surface area contributed by atoms with Gasteiger partial charge in [-0.05, 0) is 13.8 Å². The van der Waals surface area contributed by atoms with Crippen LogP contribution in [0.25, 0.3) is 0 Å². The number of allylic oxidation sites excluding steroid dienone is 2. The molecule has 4 nitrogen and oxygen atoms in total. The normalized spacial score (nSPS) is 8.00. The van der Waals surface area contributed by atoms with Crippen molar-refractivity contribution in [3.05, 3.63) is 25.3 Å². The van der Waals surface area contributed by atoms with E-state index in [1.807, 2.05) is 13.8 Å². The molecule has 0 saturated heterocycles.